The number of piperazine rings is 2. The summed E-state index contributed by atoms with van der Waals surface area (Å²) in [5.41, 5.74) is -0.0885. The number of sulfonamides is 2. The van der Waals surface area contributed by atoms with Gasteiger partial charge in [0.15, 0.2) is 0 Å². The number of para-hydroxylation sites is 2. The molecule has 0 spiro atoms. The first-order valence-corrected chi connectivity index (χ1v) is 22.1. The van der Waals surface area contributed by atoms with Crippen LogP contribution in [0.1, 0.15) is 0 Å². The molecule has 0 radical (unpaired) electrons. The smallest absolute Gasteiger partial charge is 0.369 e. The van der Waals surface area contributed by atoms with Crippen LogP contribution in [0.25, 0.3) is 11.4 Å². The minimum absolute atomic E-state index is 0.118. The largest absolute Gasteiger partial charge is 0.448 e. The van der Waals surface area contributed by atoms with E-state index in [1.54, 1.807) is 0 Å². The standard InChI is InChI=1S/C36H34N8O10S3/c45-35-33(56(49,50)41-23-19-39(20-24-41)27-7-3-1-4-8-27)43(37-53-35)29-11-15-31(16-12-29)55(47,48)32-17-13-30(14-18-32)44-34(36(46)54-38-44)57(51,52)42-25-21-40(22-26-42)28-9-5-2-6-10-28/h1-18H,19-26H2/p+2. The Morgan fingerprint density at radius 2 is 0.789 bits per heavy atom. The first kappa shape index (κ1) is 38.0. The molecule has 2 N–H and O–H groups in total. The monoisotopic (exact) mass is 836 g/mol. The van der Waals surface area contributed by atoms with E-state index in [1.807, 2.05) is 70.5 Å². The lowest BCUT2D eigenvalue weighted by Gasteiger charge is -2.34. The van der Waals surface area contributed by atoms with Gasteiger partial charge in [-0.05, 0) is 68.4 Å². The van der Waals surface area contributed by atoms with E-state index in [0.29, 0.717) is 26.2 Å². The molecule has 0 amide bonds. The maximum Gasteiger partial charge on any atom is 0.448 e. The summed E-state index contributed by atoms with van der Waals surface area (Å²) in [5, 5.41) is 3.30. The van der Waals surface area contributed by atoms with Gasteiger partial charge in [0.25, 0.3) is 0 Å². The van der Waals surface area contributed by atoms with Crippen LogP contribution >= 0.6 is 0 Å². The first-order valence-electron chi connectivity index (χ1n) is 17.7. The van der Waals surface area contributed by atoms with Crippen molar-refractivity contribution in [2.24, 2.45) is 0 Å². The highest BCUT2D eigenvalue weighted by molar-refractivity contribution is 7.91. The molecule has 57 heavy (non-hydrogen) atoms. The van der Waals surface area contributed by atoms with Crippen molar-refractivity contribution >= 4 is 41.3 Å². The predicted octanol–water partition coefficient (Wildman–Crippen LogP) is 0.657. The van der Waals surface area contributed by atoms with Gasteiger partial charge in [-0.2, -0.15) is 8.61 Å². The molecule has 2 aliphatic rings. The number of aromatic amines is 2. The SMILES string of the molecule is O=c1o[nH][n+](-c2ccc(S(=O)(=O)c3ccc(-[n+]4[nH]oc(=O)c4S(=O)(=O)N4CCN(c5ccccc5)CC4)cc3)cc2)c1S(=O)(=O)N1CCN(c2ccccc2)CC1. The molecular weight excluding hydrogens is 801 g/mol. The van der Waals surface area contributed by atoms with Crippen LogP contribution in [-0.4, -0.2) is 96.8 Å². The summed E-state index contributed by atoms with van der Waals surface area (Å²) in [6.45, 7) is 2.09. The minimum Gasteiger partial charge on any atom is -0.369 e. The van der Waals surface area contributed by atoms with Gasteiger partial charge in [0, 0.05) is 88.0 Å². The molecule has 4 heterocycles. The molecule has 2 fully saturated rings. The van der Waals surface area contributed by atoms with E-state index in [0.717, 1.165) is 20.7 Å². The van der Waals surface area contributed by atoms with Crippen LogP contribution in [0.2, 0.25) is 0 Å². The zero-order chi connectivity index (χ0) is 40.0. The molecule has 21 heteroatoms. The van der Waals surface area contributed by atoms with Crippen molar-refractivity contribution in [3.8, 4) is 11.4 Å². The Morgan fingerprint density at radius 1 is 0.456 bits per heavy atom. The number of benzene rings is 4. The molecule has 6 aromatic rings. The van der Waals surface area contributed by atoms with Gasteiger partial charge in [-0.15, -0.1) is 0 Å². The Kier molecular flexibility index (Phi) is 9.94. The number of nitrogens with zero attached hydrogens (tertiary/aromatic N) is 6. The number of hydrogen-bond donors (Lipinski definition) is 2. The van der Waals surface area contributed by atoms with E-state index in [9.17, 15) is 34.8 Å². The lowest BCUT2D eigenvalue weighted by Crippen LogP contribution is -2.52. The third-order valence-electron chi connectivity index (χ3n) is 9.91. The number of hydrogen-bond acceptors (Lipinski definition) is 12. The lowest BCUT2D eigenvalue weighted by atomic mass is 10.2. The second kappa shape index (κ2) is 14.9. The summed E-state index contributed by atoms with van der Waals surface area (Å²) in [6.07, 6.45) is 0. The Balaban J connectivity index is 0.984. The summed E-state index contributed by atoms with van der Waals surface area (Å²) in [7, 11) is -12.8. The summed E-state index contributed by atoms with van der Waals surface area (Å²) < 4.78 is 96.3. The highest BCUT2D eigenvalue weighted by atomic mass is 32.2. The number of sulfone groups is 1. The molecule has 0 bridgehead atoms. The van der Waals surface area contributed by atoms with Gasteiger partial charge in [-0.1, -0.05) is 36.4 Å². The van der Waals surface area contributed by atoms with Crippen molar-refractivity contribution in [1.29, 1.82) is 0 Å². The predicted molar refractivity (Wildman–Crippen MR) is 202 cm³/mol. The van der Waals surface area contributed by atoms with Gasteiger partial charge in [-0.25, -0.2) is 34.8 Å². The van der Waals surface area contributed by atoms with Crippen molar-refractivity contribution in [3.05, 3.63) is 130 Å². The van der Waals surface area contributed by atoms with Crippen LogP contribution in [0, 0.1) is 0 Å². The molecule has 0 saturated carbocycles. The Bertz CT molecular complexity index is 2650. The Labute approximate surface area is 326 Å². The number of rotatable bonds is 10. The molecule has 18 nitrogen and oxygen atoms in total. The van der Waals surface area contributed by atoms with Gasteiger partial charge in [0.1, 0.15) is 0 Å². The van der Waals surface area contributed by atoms with Gasteiger partial charge < -0.3 is 9.80 Å². The molecule has 4 aromatic carbocycles. The fraction of sp³-hybridized carbons (Fsp3) is 0.222. The van der Waals surface area contributed by atoms with E-state index in [1.165, 1.54) is 57.1 Å². The fourth-order valence-electron chi connectivity index (χ4n) is 6.89. The van der Waals surface area contributed by atoms with Crippen LogP contribution in [0.5, 0.6) is 0 Å². The summed E-state index contributed by atoms with van der Waals surface area (Å²) in [4.78, 5) is 29.3. The molecule has 2 aliphatic heterocycles. The lowest BCUT2D eigenvalue weighted by molar-refractivity contribution is -0.706. The van der Waals surface area contributed by atoms with Crippen LogP contribution in [-0.2, 0) is 29.9 Å². The highest BCUT2D eigenvalue weighted by Gasteiger charge is 2.44. The van der Waals surface area contributed by atoms with Crippen LogP contribution in [0.4, 0.5) is 11.4 Å². The number of H-pyrrole nitrogens is 2. The molecule has 2 saturated heterocycles. The maximum atomic E-state index is 13.7. The molecule has 0 atom stereocenters. The first-order chi connectivity index (χ1) is 27.4. The van der Waals surface area contributed by atoms with Crippen LogP contribution in [0.3, 0.4) is 0 Å². The molecule has 0 aliphatic carbocycles. The number of aromatic nitrogens is 4. The summed E-state index contributed by atoms with van der Waals surface area (Å²) >= 11 is 0. The quantitative estimate of drug-likeness (QED) is 0.182. The van der Waals surface area contributed by atoms with Gasteiger partial charge in [-0.3, -0.25) is 9.05 Å². The van der Waals surface area contributed by atoms with E-state index < -0.39 is 51.2 Å². The normalized spacial score (nSPS) is 16.2. The Morgan fingerprint density at radius 3 is 1.12 bits per heavy atom. The highest BCUT2D eigenvalue weighted by Crippen LogP contribution is 2.24. The van der Waals surface area contributed by atoms with Gasteiger partial charge in [0.2, 0.25) is 21.2 Å². The molecular formula is C36H36N8O10S3+2. The molecule has 0 unspecified atom stereocenters. The van der Waals surface area contributed by atoms with E-state index >= 15 is 0 Å². The average molecular weight is 837 g/mol. The van der Waals surface area contributed by atoms with E-state index in [4.69, 9.17) is 9.05 Å². The molecule has 2 aromatic heterocycles. The summed E-state index contributed by atoms with van der Waals surface area (Å²) in [5.74, 6) is 0. The molecule has 8 rings (SSSR count). The second-order valence-corrected chi connectivity index (χ2v) is 18.8. The van der Waals surface area contributed by atoms with Crippen molar-refractivity contribution < 1.29 is 43.7 Å². The van der Waals surface area contributed by atoms with Gasteiger partial charge in [0.05, 0.1) is 9.79 Å². The zero-order valence-corrected chi connectivity index (χ0v) is 32.5. The van der Waals surface area contributed by atoms with Crippen LogP contribution in [0.15, 0.2) is 148 Å². The maximum absolute atomic E-state index is 13.7. The van der Waals surface area contributed by atoms with Crippen molar-refractivity contribution in [2.45, 2.75) is 19.8 Å². The number of nitrogens with one attached hydrogen (secondary N) is 2. The second-order valence-electron chi connectivity index (χ2n) is 13.2. The van der Waals surface area contributed by atoms with Crippen molar-refractivity contribution in [1.82, 2.24) is 19.2 Å². The average Bonchev–Trinajstić information content (AvgIpc) is 3.84. The van der Waals surface area contributed by atoms with E-state index in [2.05, 4.69) is 10.5 Å². The van der Waals surface area contributed by atoms with E-state index in [-0.39, 0.29) is 47.3 Å². The summed E-state index contributed by atoms with van der Waals surface area (Å²) in [6, 6.07) is 29.4. The third kappa shape index (κ3) is 7.07. The topological polar surface area (TPSA) is 215 Å². The van der Waals surface area contributed by atoms with Crippen molar-refractivity contribution in [2.75, 3.05) is 62.2 Å². The van der Waals surface area contributed by atoms with Gasteiger partial charge >= 0.3 is 41.3 Å². The zero-order valence-electron chi connectivity index (χ0n) is 30.0. The minimum atomic E-state index is -4.33. The van der Waals surface area contributed by atoms with Crippen LogP contribution < -0.4 is 30.4 Å². The number of anilines is 2. The molecule has 296 valence electrons. The third-order valence-corrected chi connectivity index (χ3v) is 15.5. The fourth-order valence-corrected chi connectivity index (χ4v) is 11.2. The Hall–Kier alpha value is -5.87. The van der Waals surface area contributed by atoms with Crippen molar-refractivity contribution in [3.63, 3.8) is 0 Å².